The van der Waals surface area contributed by atoms with Crippen LogP contribution in [-0.4, -0.2) is 37.7 Å². The monoisotopic (exact) mass is 433 g/mol. The summed E-state index contributed by atoms with van der Waals surface area (Å²) < 4.78 is 0. The Labute approximate surface area is 180 Å². The molecule has 1 heterocycles. The van der Waals surface area contributed by atoms with E-state index in [4.69, 9.17) is 0 Å². The van der Waals surface area contributed by atoms with E-state index in [1.807, 2.05) is 18.2 Å². The molecule has 3 aromatic carbocycles. The van der Waals surface area contributed by atoms with E-state index in [0.29, 0.717) is 24.2 Å². The van der Waals surface area contributed by atoms with Crippen LogP contribution in [0.5, 0.6) is 0 Å². The summed E-state index contributed by atoms with van der Waals surface area (Å²) in [5.74, 6) is 1.27. The van der Waals surface area contributed by atoms with Gasteiger partial charge < -0.3 is 0 Å². The third-order valence-corrected chi connectivity index (χ3v) is 10.3. The molecule has 4 rings (SSSR count). The number of nitrogens with one attached hydrogen (secondary N) is 1. The normalized spacial score (nSPS) is 11.3. The van der Waals surface area contributed by atoms with Gasteiger partial charge in [-0.2, -0.15) is 5.21 Å². The molecule has 30 heavy (non-hydrogen) atoms. The maximum Gasteiger partial charge on any atom is 0.227 e. The standard InChI is InChI=1S/C23H22N4OPS/c28-23(30-17-16-22-24-26-27-25-22)18-29(19-10-4-1-5-11-19,20-12-6-2-7-13-20)21-14-8-3-9-15-21/h1-15H,16-18H2,(H,24,25,26,27)/q+1. The van der Waals surface area contributed by atoms with Crippen molar-refractivity contribution in [1.82, 2.24) is 20.6 Å². The highest BCUT2D eigenvalue weighted by atomic mass is 32.2. The number of H-pyrrole nitrogens is 1. The molecule has 0 saturated carbocycles. The third-order valence-electron chi connectivity index (χ3n) is 4.94. The first-order valence-corrected chi connectivity index (χ1v) is 12.7. The fourth-order valence-corrected chi connectivity index (χ4v) is 8.88. The van der Waals surface area contributed by atoms with E-state index in [-0.39, 0.29) is 5.12 Å². The van der Waals surface area contributed by atoms with Crippen molar-refractivity contribution in [3.05, 3.63) is 96.8 Å². The molecule has 0 spiro atoms. The molecule has 0 atom stereocenters. The summed E-state index contributed by atoms with van der Waals surface area (Å²) in [5, 5.41) is 17.8. The molecular formula is C23H22N4OPS+. The van der Waals surface area contributed by atoms with Crippen molar-refractivity contribution in [2.75, 3.05) is 11.9 Å². The number of hydrogen-bond acceptors (Lipinski definition) is 5. The molecule has 0 radical (unpaired) electrons. The van der Waals surface area contributed by atoms with Crippen LogP contribution in [0.3, 0.4) is 0 Å². The number of thioether (sulfide) groups is 1. The molecule has 0 unspecified atom stereocenters. The van der Waals surface area contributed by atoms with Gasteiger partial charge in [0.25, 0.3) is 0 Å². The zero-order valence-electron chi connectivity index (χ0n) is 16.4. The van der Waals surface area contributed by atoms with E-state index in [2.05, 4.69) is 93.4 Å². The van der Waals surface area contributed by atoms with Crippen LogP contribution in [0.4, 0.5) is 0 Å². The lowest BCUT2D eigenvalue weighted by Crippen LogP contribution is -2.35. The summed E-state index contributed by atoms with van der Waals surface area (Å²) in [4.78, 5) is 13.2. The van der Waals surface area contributed by atoms with E-state index in [1.54, 1.807) is 0 Å². The van der Waals surface area contributed by atoms with Crippen LogP contribution in [0.1, 0.15) is 5.82 Å². The summed E-state index contributed by atoms with van der Waals surface area (Å²) in [5.41, 5.74) is 0. The maximum absolute atomic E-state index is 13.2. The minimum atomic E-state index is -2.13. The highest BCUT2D eigenvalue weighted by Gasteiger charge is 2.47. The third kappa shape index (κ3) is 4.50. The topological polar surface area (TPSA) is 71.5 Å². The number of carbonyl (C=O) groups excluding carboxylic acids is 1. The Morgan fingerprint density at radius 3 is 1.73 bits per heavy atom. The summed E-state index contributed by atoms with van der Waals surface area (Å²) in [6.45, 7) is 0. The van der Waals surface area contributed by atoms with Crippen molar-refractivity contribution in [3.63, 3.8) is 0 Å². The fourth-order valence-electron chi connectivity index (χ4n) is 3.55. The van der Waals surface area contributed by atoms with Crippen molar-refractivity contribution in [1.29, 1.82) is 0 Å². The average Bonchev–Trinajstić information content (AvgIpc) is 3.33. The lowest BCUT2D eigenvalue weighted by atomic mass is 10.4. The van der Waals surface area contributed by atoms with Gasteiger partial charge in [-0.15, -0.1) is 10.2 Å². The first-order valence-electron chi connectivity index (χ1n) is 9.72. The van der Waals surface area contributed by atoms with Crippen LogP contribution >= 0.6 is 19.0 Å². The van der Waals surface area contributed by atoms with Gasteiger partial charge in [0.15, 0.2) is 5.82 Å². The molecule has 0 saturated heterocycles. The molecule has 1 N–H and O–H groups in total. The number of aromatic nitrogens is 4. The van der Waals surface area contributed by atoms with E-state index in [0.717, 1.165) is 0 Å². The first kappa shape index (κ1) is 20.5. The largest absolute Gasteiger partial charge is 0.283 e. The molecule has 150 valence electrons. The van der Waals surface area contributed by atoms with Crippen LogP contribution in [0.2, 0.25) is 0 Å². The van der Waals surface area contributed by atoms with Gasteiger partial charge >= 0.3 is 0 Å². The van der Waals surface area contributed by atoms with Gasteiger partial charge in [-0.25, -0.2) is 0 Å². The van der Waals surface area contributed by atoms with Crippen LogP contribution in [0.25, 0.3) is 0 Å². The van der Waals surface area contributed by atoms with Gasteiger partial charge in [0.2, 0.25) is 5.12 Å². The van der Waals surface area contributed by atoms with Crippen molar-refractivity contribution < 1.29 is 4.79 Å². The Hall–Kier alpha value is -2.82. The number of nitrogens with zero attached hydrogens (tertiary/aromatic N) is 3. The summed E-state index contributed by atoms with van der Waals surface area (Å²) in [6.07, 6.45) is 1.09. The first-order chi connectivity index (χ1) is 14.8. The molecule has 5 nitrogen and oxygen atoms in total. The summed E-state index contributed by atoms with van der Waals surface area (Å²) in [7, 11) is -2.13. The SMILES string of the molecule is O=C(C[P+](c1ccccc1)(c1ccccc1)c1ccccc1)SCCc1nn[nH]n1. The van der Waals surface area contributed by atoms with Crippen LogP contribution < -0.4 is 15.9 Å². The second-order valence-electron chi connectivity index (χ2n) is 6.77. The molecular weight excluding hydrogens is 411 g/mol. The number of rotatable bonds is 8. The Balaban J connectivity index is 1.70. The number of carbonyl (C=O) groups is 1. The smallest absolute Gasteiger partial charge is 0.227 e. The van der Waals surface area contributed by atoms with E-state index < -0.39 is 7.26 Å². The second kappa shape index (κ2) is 9.79. The summed E-state index contributed by atoms with van der Waals surface area (Å²) in [6, 6.07) is 31.4. The van der Waals surface area contributed by atoms with Crippen LogP contribution in [0.15, 0.2) is 91.0 Å². The number of tetrazole rings is 1. The van der Waals surface area contributed by atoms with Gasteiger partial charge in [-0.3, -0.25) is 4.79 Å². The number of benzene rings is 3. The zero-order valence-corrected chi connectivity index (χ0v) is 18.1. The van der Waals surface area contributed by atoms with Gasteiger partial charge in [0.05, 0.1) is 0 Å². The molecule has 1 aromatic heterocycles. The van der Waals surface area contributed by atoms with Crippen molar-refractivity contribution in [2.45, 2.75) is 6.42 Å². The van der Waals surface area contributed by atoms with Gasteiger partial charge in [-0.1, -0.05) is 71.6 Å². The molecule has 0 aliphatic rings. The highest BCUT2D eigenvalue weighted by Crippen LogP contribution is 2.55. The average molecular weight is 433 g/mol. The molecule has 0 aliphatic heterocycles. The molecule has 0 aliphatic carbocycles. The minimum Gasteiger partial charge on any atom is -0.283 e. The Kier molecular flexibility index (Phi) is 6.67. The Bertz CT molecular complexity index is 964. The predicted octanol–water partition coefficient (Wildman–Crippen LogP) is 3.00. The van der Waals surface area contributed by atoms with Gasteiger partial charge in [0, 0.05) is 12.2 Å². The molecule has 0 amide bonds. The lowest BCUT2D eigenvalue weighted by molar-refractivity contribution is -0.108. The number of hydrogen-bond donors (Lipinski definition) is 1. The Morgan fingerprint density at radius 1 is 0.800 bits per heavy atom. The quantitative estimate of drug-likeness (QED) is 0.433. The predicted molar refractivity (Wildman–Crippen MR) is 125 cm³/mol. The van der Waals surface area contributed by atoms with E-state index in [9.17, 15) is 4.79 Å². The number of aromatic amines is 1. The van der Waals surface area contributed by atoms with Gasteiger partial charge in [-0.05, 0) is 36.4 Å². The molecule has 0 fully saturated rings. The zero-order chi connectivity index (χ0) is 20.7. The van der Waals surface area contributed by atoms with Crippen LogP contribution in [0, 0.1) is 0 Å². The highest BCUT2D eigenvalue weighted by molar-refractivity contribution is 8.15. The Morgan fingerprint density at radius 2 is 1.30 bits per heavy atom. The minimum absolute atomic E-state index is 0.184. The second-order valence-corrected chi connectivity index (χ2v) is 11.4. The van der Waals surface area contributed by atoms with Crippen molar-refractivity contribution >= 4 is 40.1 Å². The lowest BCUT2D eigenvalue weighted by Gasteiger charge is -2.26. The van der Waals surface area contributed by atoms with Crippen molar-refractivity contribution in [3.8, 4) is 0 Å². The molecule has 0 bridgehead atoms. The summed E-state index contributed by atoms with van der Waals surface area (Å²) >= 11 is 1.35. The fraction of sp³-hybridized carbons (Fsp3) is 0.130. The van der Waals surface area contributed by atoms with Crippen LogP contribution in [-0.2, 0) is 11.2 Å². The van der Waals surface area contributed by atoms with E-state index in [1.165, 1.54) is 27.7 Å². The molecule has 7 heteroatoms. The van der Waals surface area contributed by atoms with Gasteiger partial charge in [0.1, 0.15) is 29.3 Å². The number of aryl methyl sites for hydroxylation is 1. The van der Waals surface area contributed by atoms with Crippen molar-refractivity contribution in [2.24, 2.45) is 0 Å². The van der Waals surface area contributed by atoms with E-state index >= 15 is 0 Å². The maximum atomic E-state index is 13.2. The molecule has 4 aromatic rings.